The summed E-state index contributed by atoms with van der Waals surface area (Å²) in [6, 6.07) is -1.63. The standard InChI is InChI=1S/C27H44ClF3N6O4S/c1-12-7-15(16-8-21(28)33-10-18(16)40-3)17(9-32-12)23(38)36-26-35-22-13(2)37(11-19(22)42-26)25(39)14-5-6-20(27(29,30)31)34-24(14)41-4/h12-22,24,26,32-35H,5-11H2,1-4H3,(H,36,38)/t12?,13-,14?,15?,16?,17?,18?,19?,20?,21?,22?,24?,26?/m0/s1. The molecule has 0 aliphatic carbocycles. The topological polar surface area (TPSA) is 116 Å². The van der Waals surface area contributed by atoms with Gasteiger partial charge in [0, 0.05) is 57.2 Å². The molecule has 5 fully saturated rings. The minimum Gasteiger partial charge on any atom is -0.380 e. The zero-order valence-corrected chi connectivity index (χ0v) is 26.0. The molecular formula is C27H44ClF3N6O4S. The maximum absolute atomic E-state index is 13.7. The summed E-state index contributed by atoms with van der Waals surface area (Å²) in [5.41, 5.74) is -0.446. The Morgan fingerprint density at radius 2 is 1.76 bits per heavy atom. The van der Waals surface area contributed by atoms with E-state index in [0.717, 1.165) is 12.8 Å². The first-order chi connectivity index (χ1) is 19.9. The molecule has 0 spiro atoms. The zero-order chi connectivity index (χ0) is 30.3. The van der Waals surface area contributed by atoms with Gasteiger partial charge in [0.2, 0.25) is 11.8 Å². The highest BCUT2D eigenvalue weighted by molar-refractivity contribution is 8.00. The average molecular weight is 641 g/mol. The molecule has 0 aromatic carbocycles. The Morgan fingerprint density at radius 3 is 2.43 bits per heavy atom. The van der Waals surface area contributed by atoms with E-state index in [1.165, 1.54) is 7.11 Å². The summed E-state index contributed by atoms with van der Waals surface area (Å²) < 4.78 is 50.8. The van der Waals surface area contributed by atoms with E-state index in [1.54, 1.807) is 23.8 Å². The maximum Gasteiger partial charge on any atom is 0.403 e. The van der Waals surface area contributed by atoms with E-state index in [4.69, 9.17) is 21.1 Å². The monoisotopic (exact) mass is 640 g/mol. The third kappa shape index (κ3) is 6.70. The Kier molecular flexibility index (Phi) is 10.3. The molecule has 15 heteroatoms. The largest absolute Gasteiger partial charge is 0.403 e. The highest BCUT2D eigenvalue weighted by Crippen LogP contribution is 2.40. The molecule has 0 radical (unpaired) electrons. The van der Waals surface area contributed by atoms with Crippen molar-refractivity contribution in [2.45, 2.75) is 98.5 Å². The van der Waals surface area contributed by atoms with Crippen LogP contribution in [0.5, 0.6) is 0 Å². The van der Waals surface area contributed by atoms with E-state index < -0.39 is 24.4 Å². The van der Waals surface area contributed by atoms with E-state index in [1.807, 2.05) is 6.92 Å². The molecule has 5 heterocycles. The number of thioether (sulfide) groups is 1. The molecule has 0 bridgehead atoms. The number of nitrogens with one attached hydrogen (secondary N) is 5. The molecule has 12 unspecified atom stereocenters. The molecule has 42 heavy (non-hydrogen) atoms. The van der Waals surface area contributed by atoms with Gasteiger partial charge >= 0.3 is 6.18 Å². The molecule has 10 nitrogen and oxygen atoms in total. The van der Waals surface area contributed by atoms with Crippen molar-refractivity contribution in [2.24, 2.45) is 23.7 Å². The lowest BCUT2D eigenvalue weighted by Gasteiger charge is -2.45. The number of rotatable bonds is 6. The molecule has 0 aromatic rings. The normalized spacial score (nSPS) is 44.6. The molecule has 240 valence electrons. The third-order valence-electron chi connectivity index (χ3n) is 9.98. The second-order valence-corrected chi connectivity index (χ2v) is 14.3. The lowest BCUT2D eigenvalue weighted by atomic mass is 9.70. The van der Waals surface area contributed by atoms with Gasteiger partial charge in [-0.2, -0.15) is 13.2 Å². The van der Waals surface area contributed by atoms with Gasteiger partial charge in [-0.15, -0.1) is 23.4 Å². The number of ether oxygens (including phenoxy) is 2. The number of alkyl halides is 4. The van der Waals surface area contributed by atoms with Crippen LogP contribution in [0.2, 0.25) is 0 Å². The number of likely N-dealkylation sites (tertiary alicyclic amines) is 1. The van der Waals surface area contributed by atoms with Crippen molar-refractivity contribution >= 4 is 35.2 Å². The van der Waals surface area contributed by atoms with Gasteiger partial charge in [0.1, 0.15) is 17.8 Å². The molecule has 2 amide bonds. The number of hydrogen-bond acceptors (Lipinski definition) is 9. The summed E-state index contributed by atoms with van der Waals surface area (Å²) in [5.74, 6) is -0.833. The van der Waals surface area contributed by atoms with E-state index in [-0.39, 0.29) is 76.8 Å². The van der Waals surface area contributed by atoms with Crippen molar-refractivity contribution in [2.75, 3.05) is 33.9 Å². The molecule has 5 N–H and O–H groups in total. The second-order valence-electron chi connectivity index (χ2n) is 12.5. The van der Waals surface area contributed by atoms with Crippen LogP contribution in [-0.2, 0) is 19.1 Å². The molecule has 0 aromatic heterocycles. The molecule has 5 aliphatic rings. The van der Waals surface area contributed by atoms with Gasteiger partial charge in [0.05, 0.1) is 23.4 Å². The first-order valence-corrected chi connectivity index (χ1v) is 16.3. The SMILES string of the molecule is COC1CNC(Cl)CC1C1CC(C)NCC1C(=O)NC1NC2C(CN(C(=O)C3CCC(C(F)(F)F)NC3OC)[C@H]2C)S1. The van der Waals surface area contributed by atoms with E-state index in [2.05, 4.69) is 33.5 Å². The summed E-state index contributed by atoms with van der Waals surface area (Å²) >= 11 is 8.06. The van der Waals surface area contributed by atoms with E-state index in [9.17, 15) is 22.8 Å². The molecule has 0 saturated carbocycles. The van der Waals surface area contributed by atoms with E-state index >= 15 is 0 Å². The number of amides is 2. The van der Waals surface area contributed by atoms with Gasteiger partial charge in [-0.1, -0.05) is 0 Å². The van der Waals surface area contributed by atoms with Crippen LogP contribution in [-0.4, -0.2) is 109 Å². The van der Waals surface area contributed by atoms with Crippen LogP contribution >= 0.6 is 23.4 Å². The predicted molar refractivity (Wildman–Crippen MR) is 154 cm³/mol. The number of nitrogens with zero attached hydrogens (tertiary/aromatic N) is 1. The fourth-order valence-corrected chi connectivity index (χ4v) is 9.46. The van der Waals surface area contributed by atoms with Crippen LogP contribution in [0, 0.1) is 23.7 Å². The first-order valence-electron chi connectivity index (χ1n) is 14.9. The summed E-state index contributed by atoms with van der Waals surface area (Å²) in [6.45, 7) is 5.78. The smallest absolute Gasteiger partial charge is 0.380 e. The van der Waals surface area contributed by atoms with Crippen LogP contribution in [0.1, 0.15) is 39.5 Å². The summed E-state index contributed by atoms with van der Waals surface area (Å²) in [6.07, 6.45) is -3.86. The fourth-order valence-electron chi connectivity index (χ4n) is 7.67. The van der Waals surface area contributed by atoms with E-state index in [0.29, 0.717) is 25.7 Å². The minimum absolute atomic E-state index is 0.00951. The van der Waals surface area contributed by atoms with Gasteiger partial charge in [-0.3, -0.25) is 25.5 Å². The van der Waals surface area contributed by atoms with Crippen molar-refractivity contribution in [3.8, 4) is 0 Å². The summed E-state index contributed by atoms with van der Waals surface area (Å²) in [4.78, 5) is 28.9. The third-order valence-corrected chi connectivity index (χ3v) is 11.6. The van der Waals surface area contributed by atoms with Crippen LogP contribution in [0.15, 0.2) is 0 Å². The second kappa shape index (κ2) is 13.2. The average Bonchev–Trinajstić information content (AvgIpc) is 3.49. The number of methoxy groups -OCH3 is 2. The van der Waals surface area contributed by atoms with Crippen LogP contribution in [0.4, 0.5) is 13.2 Å². The molecule has 13 atom stereocenters. The van der Waals surface area contributed by atoms with Crippen molar-refractivity contribution < 1.29 is 32.2 Å². The Morgan fingerprint density at radius 1 is 1.00 bits per heavy atom. The van der Waals surface area contributed by atoms with Crippen molar-refractivity contribution in [1.29, 1.82) is 0 Å². The number of halogens is 4. The van der Waals surface area contributed by atoms with Crippen LogP contribution < -0.4 is 26.6 Å². The van der Waals surface area contributed by atoms with Gasteiger partial charge in [0.15, 0.2) is 0 Å². The first kappa shape index (κ1) is 32.5. The summed E-state index contributed by atoms with van der Waals surface area (Å²) in [7, 11) is 3.03. The van der Waals surface area contributed by atoms with Crippen LogP contribution in [0.3, 0.4) is 0 Å². The summed E-state index contributed by atoms with van der Waals surface area (Å²) in [5, 5.41) is 16.0. The molecule has 5 rings (SSSR count). The van der Waals surface area contributed by atoms with Gasteiger partial charge < -0.3 is 25.0 Å². The Labute approximate surface area is 254 Å². The zero-order valence-electron chi connectivity index (χ0n) is 24.5. The van der Waals surface area contributed by atoms with Crippen LogP contribution in [0.25, 0.3) is 0 Å². The number of fused-ring (bicyclic) bond motifs is 1. The van der Waals surface area contributed by atoms with Crippen molar-refractivity contribution in [3.63, 3.8) is 0 Å². The quantitative estimate of drug-likeness (QED) is 0.217. The van der Waals surface area contributed by atoms with Crippen molar-refractivity contribution in [1.82, 2.24) is 31.5 Å². The fraction of sp³-hybridized carbons (Fsp3) is 0.926. The lowest BCUT2D eigenvalue weighted by Crippen LogP contribution is -2.59. The molecule has 5 aliphatic heterocycles. The molecule has 5 saturated heterocycles. The Hall–Kier alpha value is -0.870. The number of hydrogen-bond donors (Lipinski definition) is 5. The minimum atomic E-state index is -4.39. The maximum atomic E-state index is 13.7. The number of carbonyl (C=O) groups excluding carboxylic acids is 2. The lowest BCUT2D eigenvalue weighted by molar-refractivity contribution is -0.183. The highest BCUT2D eigenvalue weighted by atomic mass is 35.5. The molecular weight excluding hydrogens is 597 g/mol. The Bertz CT molecular complexity index is 987. The number of piperidine rings is 3. The van der Waals surface area contributed by atoms with Gasteiger partial charge in [-0.25, -0.2) is 0 Å². The predicted octanol–water partition coefficient (Wildman–Crippen LogP) is 1.40. The highest BCUT2D eigenvalue weighted by Gasteiger charge is 2.53. The van der Waals surface area contributed by atoms with Crippen molar-refractivity contribution in [3.05, 3.63) is 0 Å². The van der Waals surface area contributed by atoms with Gasteiger partial charge in [0.25, 0.3) is 0 Å². The number of carbonyl (C=O) groups is 2. The Balaban J connectivity index is 1.18. The van der Waals surface area contributed by atoms with Gasteiger partial charge in [-0.05, 0) is 51.4 Å².